The van der Waals surface area contributed by atoms with Gasteiger partial charge in [-0.3, -0.25) is 10.1 Å². The molecule has 0 aromatic carbocycles. The number of methoxy groups -OCH3 is 1. The number of hydrogen-bond acceptors (Lipinski definition) is 7. The molecule has 0 aliphatic carbocycles. The fourth-order valence-electron chi connectivity index (χ4n) is 1.45. The van der Waals surface area contributed by atoms with Gasteiger partial charge in [-0.05, 0) is 13.3 Å². The van der Waals surface area contributed by atoms with Crippen LogP contribution >= 0.6 is 0 Å². The van der Waals surface area contributed by atoms with Crippen LogP contribution in [-0.2, 0) is 4.74 Å². The molecule has 1 rings (SSSR count). The predicted octanol–water partition coefficient (Wildman–Crippen LogP) is 1.62. The van der Waals surface area contributed by atoms with E-state index in [-0.39, 0.29) is 23.5 Å². The molecular formula is C11H18N4O4. The van der Waals surface area contributed by atoms with Gasteiger partial charge in [0, 0.05) is 13.7 Å². The lowest BCUT2D eigenvalue weighted by atomic mass is 10.4. The Bertz CT molecular complexity index is 427. The van der Waals surface area contributed by atoms with Gasteiger partial charge in [0.25, 0.3) is 5.88 Å². The molecule has 1 N–H and O–H groups in total. The fourth-order valence-corrected chi connectivity index (χ4v) is 1.45. The van der Waals surface area contributed by atoms with E-state index >= 15 is 0 Å². The number of nitrogens with one attached hydrogen (secondary N) is 1. The number of nitrogens with zero attached hydrogens (tertiary/aromatic N) is 3. The number of anilines is 1. The Morgan fingerprint density at radius 1 is 1.53 bits per heavy atom. The topological polar surface area (TPSA) is 99.4 Å². The summed E-state index contributed by atoms with van der Waals surface area (Å²) in [6, 6.07) is 0. The van der Waals surface area contributed by atoms with Crippen LogP contribution < -0.4 is 10.1 Å². The first-order valence-electron chi connectivity index (χ1n) is 5.99. The molecule has 1 atom stereocenters. The molecule has 0 bridgehead atoms. The lowest BCUT2D eigenvalue weighted by molar-refractivity contribution is -0.385. The number of nitro groups is 1. The highest BCUT2D eigenvalue weighted by Crippen LogP contribution is 2.31. The van der Waals surface area contributed by atoms with Gasteiger partial charge >= 0.3 is 5.69 Å². The molecular weight excluding hydrogens is 252 g/mol. The number of aromatic nitrogens is 2. The van der Waals surface area contributed by atoms with Gasteiger partial charge in [-0.1, -0.05) is 6.92 Å². The Balaban J connectivity index is 2.99. The van der Waals surface area contributed by atoms with Crippen molar-refractivity contribution in [3.8, 4) is 5.88 Å². The van der Waals surface area contributed by atoms with E-state index in [9.17, 15) is 10.1 Å². The average molecular weight is 270 g/mol. The van der Waals surface area contributed by atoms with Gasteiger partial charge in [-0.15, -0.1) is 0 Å². The molecule has 1 aromatic heterocycles. The Morgan fingerprint density at radius 3 is 2.84 bits per heavy atom. The lowest BCUT2D eigenvalue weighted by Crippen LogP contribution is -2.20. The highest BCUT2D eigenvalue weighted by molar-refractivity contribution is 5.61. The van der Waals surface area contributed by atoms with Crippen molar-refractivity contribution in [3.63, 3.8) is 0 Å². The molecule has 1 unspecified atom stereocenters. The van der Waals surface area contributed by atoms with E-state index < -0.39 is 4.92 Å². The first-order chi connectivity index (χ1) is 9.10. The molecule has 1 aromatic rings. The lowest BCUT2D eigenvalue weighted by Gasteiger charge is -2.13. The SMILES string of the molecule is CCCNc1ncnc(OC(C)COC)c1[N+](=O)[O-]. The highest BCUT2D eigenvalue weighted by atomic mass is 16.6. The second kappa shape index (κ2) is 7.47. The van der Waals surface area contributed by atoms with Crippen molar-refractivity contribution >= 4 is 11.5 Å². The van der Waals surface area contributed by atoms with Crippen LogP contribution in [0.15, 0.2) is 6.33 Å². The molecule has 1 heterocycles. The third kappa shape index (κ3) is 4.32. The van der Waals surface area contributed by atoms with Crippen molar-refractivity contribution < 1.29 is 14.4 Å². The maximum absolute atomic E-state index is 11.1. The molecule has 0 aliphatic heterocycles. The largest absolute Gasteiger partial charge is 0.467 e. The molecule has 0 fully saturated rings. The summed E-state index contributed by atoms with van der Waals surface area (Å²) in [5.74, 6) is 0.115. The Morgan fingerprint density at radius 2 is 2.26 bits per heavy atom. The molecule has 0 aliphatic rings. The number of ether oxygens (including phenoxy) is 2. The summed E-state index contributed by atoms with van der Waals surface area (Å²) < 4.78 is 10.3. The summed E-state index contributed by atoms with van der Waals surface area (Å²) >= 11 is 0. The standard InChI is InChI=1S/C11H18N4O4/c1-4-5-12-10-9(15(16)17)11(14-7-13-10)19-8(2)6-18-3/h7-8H,4-6H2,1-3H3,(H,12,13,14). The van der Waals surface area contributed by atoms with Gasteiger partial charge in [0.15, 0.2) is 0 Å². The summed E-state index contributed by atoms with van der Waals surface area (Å²) in [5.41, 5.74) is -0.251. The van der Waals surface area contributed by atoms with E-state index in [0.29, 0.717) is 13.2 Å². The molecule has 0 radical (unpaired) electrons. The molecule has 8 heteroatoms. The average Bonchev–Trinajstić information content (AvgIpc) is 2.36. The molecule has 106 valence electrons. The van der Waals surface area contributed by atoms with Crippen molar-refractivity contribution in [1.29, 1.82) is 0 Å². The molecule has 0 spiro atoms. The van der Waals surface area contributed by atoms with Gasteiger partial charge < -0.3 is 14.8 Å². The summed E-state index contributed by atoms with van der Waals surface area (Å²) in [4.78, 5) is 18.3. The molecule has 8 nitrogen and oxygen atoms in total. The zero-order valence-corrected chi connectivity index (χ0v) is 11.3. The zero-order valence-electron chi connectivity index (χ0n) is 11.3. The quantitative estimate of drug-likeness (QED) is 0.566. The Labute approximate surface area is 111 Å². The van der Waals surface area contributed by atoms with E-state index in [1.54, 1.807) is 6.92 Å². The second-order valence-corrected chi connectivity index (χ2v) is 3.94. The van der Waals surface area contributed by atoms with Crippen LogP contribution in [0.2, 0.25) is 0 Å². The minimum absolute atomic E-state index is 0.0526. The van der Waals surface area contributed by atoms with Gasteiger partial charge in [-0.25, -0.2) is 4.98 Å². The first kappa shape index (κ1) is 15.1. The van der Waals surface area contributed by atoms with Crippen LogP contribution in [0, 0.1) is 10.1 Å². The monoisotopic (exact) mass is 270 g/mol. The van der Waals surface area contributed by atoms with Crippen LogP contribution in [0.25, 0.3) is 0 Å². The van der Waals surface area contributed by atoms with Crippen molar-refractivity contribution in [2.75, 3.05) is 25.6 Å². The van der Waals surface area contributed by atoms with Gasteiger partial charge in [0.05, 0.1) is 11.5 Å². The summed E-state index contributed by atoms with van der Waals surface area (Å²) in [7, 11) is 1.53. The van der Waals surface area contributed by atoms with Crippen molar-refractivity contribution in [2.24, 2.45) is 0 Å². The second-order valence-electron chi connectivity index (χ2n) is 3.94. The van der Waals surface area contributed by atoms with E-state index in [0.717, 1.165) is 6.42 Å². The smallest absolute Gasteiger partial charge is 0.372 e. The van der Waals surface area contributed by atoms with E-state index in [1.165, 1.54) is 13.4 Å². The fraction of sp³-hybridized carbons (Fsp3) is 0.636. The number of hydrogen-bond donors (Lipinski definition) is 1. The van der Waals surface area contributed by atoms with E-state index in [1.807, 2.05) is 6.92 Å². The van der Waals surface area contributed by atoms with E-state index in [4.69, 9.17) is 9.47 Å². The van der Waals surface area contributed by atoms with E-state index in [2.05, 4.69) is 15.3 Å². The van der Waals surface area contributed by atoms with Gasteiger partial charge in [-0.2, -0.15) is 4.98 Å². The highest BCUT2D eigenvalue weighted by Gasteiger charge is 2.25. The third-order valence-electron chi connectivity index (χ3n) is 2.23. The molecule has 0 saturated heterocycles. The minimum atomic E-state index is -0.549. The molecule has 0 saturated carbocycles. The maximum Gasteiger partial charge on any atom is 0.372 e. The van der Waals surface area contributed by atoms with Gasteiger partial charge in [0.1, 0.15) is 12.4 Å². The normalized spacial score (nSPS) is 11.9. The van der Waals surface area contributed by atoms with Crippen molar-refractivity contribution in [3.05, 3.63) is 16.4 Å². The van der Waals surface area contributed by atoms with Crippen LogP contribution in [0.5, 0.6) is 5.88 Å². The number of rotatable bonds is 8. The Hall–Kier alpha value is -1.96. The maximum atomic E-state index is 11.1. The van der Waals surface area contributed by atoms with Gasteiger partial charge in [0.2, 0.25) is 5.82 Å². The summed E-state index contributed by atoms with van der Waals surface area (Å²) in [6.45, 7) is 4.61. The van der Waals surface area contributed by atoms with Crippen molar-refractivity contribution in [1.82, 2.24) is 9.97 Å². The minimum Gasteiger partial charge on any atom is -0.467 e. The van der Waals surface area contributed by atoms with Crippen LogP contribution in [0.4, 0.5) is 11.5 Å². The third-order valence-corrected chi connectivity index (χ3v) is 2.23. The molecule has 0 amide bonds. The van der Waals surface area contributed by atoms with Crippen LogP contribution in [0.1, 0.15) is 20.3 Å². The molecule has 19 heavy (non-hydrogen) atoms. The van der Waals surface area contributed by atoms with Crippen molar-refractivity contribution in [2.45, 2.75) is 26.4 Å². The van der Waals surface area contributed by atoms with Crippen LogP contribution in [0.3, 0.4) is 0 Å². The zero-order chi connectivity index (χ0) is 14.3. The predicted molar refractivity (Wildman–Crippen MR) is 69.4 cm³/mol. The summed E-state index contributed by atoms with van der Waals surface area (Å²) in [5, 5.41) is 14.0. The Kier molecular flexibility index (Phi) is 5.94. The summed E-state index contributed by atoms with van der Waals surface area (Å²) in [6.07, 6.45) is 1.73. The van der Waals surface area contributed by atoms with Crippen LogP contribution in [-0.4, -0.2) is 41.3 Å². The first-order valence-corrected chi connectivity index (χ1v) is 5.99.